The minimum Gasteiger partial charge on any atom is -0.207 e. The molecule has 1 aliphatic carbocycles. The van der Waals surface area contributed by atoms with E-state index in [1.807, 2.05) is 13.8 Å². The smallest absolute Gasteiger partial charge is 0.129 e. The van der Waals surface area contributed by atoms with Crippen molar-refractivity contribution in [2.24, 2.45) is 5.92 Å². The lowest BCUT2D eigenvalue weighted by atomic mass is 9.76. The van der Waals surface area contributed by atoms with E-state index in [-0.39, 0.29) is 5.92 Å². The van der Waals surface area contributed by atoms with Gasteiger partial charge in [0.25, 0.3) is 0 Å². The molecule has 0 radical (unpaired) electrons. The highest BCUT2D eigenvalue weighted by molar-refractivity contribution is 7.81. The highest BCUT2D eigenvalue weighted by Crippen LogP contribution is 2.46. The van der Waals surface area contributed by atoms with E-state index >= 15 is 0 Å². The minimum atomic E-state index is -0.503. The average molecular weight is 242 g/mol. The molecule has 0 saturated heterocycles. The SMILES string of the molecule is CC(C)C1(S)CCCc2c(F)cc(F)cc21. The first-order chi connectivity index (χ1) is 7.45. The van der Waals surface area contributed by atoms with E-state index in [2.05, 4.69) is 12.6 Å². The van der Waals surface area contributed by atoms with Crippen LogP contribution in [0.1, 0.15) is 37.8 Å². The van der Waals surface area contributed by atoms with Crippen molar-refractivity contribution in [1.29, 1.82) is 0 Å². The molecular formula is C13H16F2S. The Morgan fingerprint density at radius 1 is 1.31 bits per heavy atom. The predicted octanol–water partition coefficient (Wildman–Crippen LogP) is 4.08. The monoisotopic (exact) mass is 242 g/mol. The molecule has 1 aromatic carbocycles. The summed E-state index contributed by atoms with van der Waals surface area (Å²) >= 11 is 4.69. The van der Waals surface area contributed by atoms with Gasteiger partial charge < -0.3 is 0 Å². The van der Waals surface area contributed by atoms with Crippen molar-refractivity contribution < 1.29 is 8.78 Å². The minimum absolute atomic E-state index is 0.260. The summed E-state index contributed by atoms with van der Waals surface area (Å²) in [5.41, 5.74) is 1.39. The molecule has 1 unspecified atom stereocenters. The van der Waals surface area contributed by atoms with Crippen molar-refractivity contribution in [3.05, 3.63) is 34.9 Å². The Balaban J connectivity index is 2.62. The first-order valence-corrected chi connectivity index (χ1v) is 6.10. The van der Waals surface area contributed by atoms with Crippen LogP contribution in [-0.4, -0.2) is 0 Å². The number of hydrogen-bond acceptors (Lipinski definition) is 1. The highest BCUT2D eigenvalue weighted by Gasteiger charge is 2.37. The molecule has 0 spiro atoms. The number of thiol groups is 1. The van der Waals surface area contributed by atoms with Crippen LogP contribution in [0.3, 0.4) is 0 Å². The van der Waals surface area contributed by atoms with Crippen molar-refractivity contribution in [3.63, 3.8) is 0 Å². The summed E-state index contributed by atoms with van der Waals surface area (Å²) in [6.45, 7) is 4.09. The predicted molar refractivity (Wildman–Crippen MR) is 64.8 cm³/mol. The molecule has 0 aromatic heterocycles. The molecule has 0 heterocycles. The van der Waals surface area contributed by atoms with Crippen LogP contribution < -0.4 is 0 Å². The summed E-state index contributed by atoms with van der Waals surface area (Å²) in [7, 11) is 0. The topological polar surface area (TPSA) is 0 Å². The highest BCUT2D eigenvalue weighted by atomic mass is 32.1. The molecule has 2 rings (SSSR count). The molecule has 1 atom stereocenters. The lowest BCUT2D eigenvalue weighted by molar-refractivity contribution is 0.383. The second kappa shape index (κ2) is 4.02. The van der Waals surface area contributed by atoms with Gasteiger partial charge in [0.15, 0.2) is 0 Å². The van der Waals surface area contributed by atoms with E-state index in [0.29, 0.717) is 12.0 Å². The van der Waals surface area contributed by atoms with Gasteiger partial charge in [0.1, 0.15) is 11.6 Å². The van der Waals surface area contributed by atoms with Crippen LogP contribution in [0.25, 0.3) is 0 Å². The molecule has 0 amide bonds. The van der Waals surface area contributed by atoms with Gasteiger partial charge in [-0.25, -0.2) is 8.78 Å². The third-order valence-electron chi connectivity index (χ3n) is 3.57. The van der Waals surface area contributed by atoms with Crippen LogP contribution in [0, 0.1) is 17.6 Å². The van der Waals surface area contributed by atoms with Gasteiger partial charge in [0.05, 0.1) is 0 Å². The summed E-state index contributed by atoms with van der Waals surface area (Å²) < 4.78 is 26.6. The molecule has 0 N–H and O–H groups in total. The maximum Gasteiger partial charge on any atom is 0.129 e. The summed E-state index contributed by atoms with van der Waals surface area (Å²) in [5.74, 6) is -0.665. The second-order valence-electron chi connectivity index (χ2n) is 4.85. The zero-order valence-corrected chi connectivity index (χ0v) is 10.5. The molecule has 88 valence electrons. The maximum absolute atomic E-state index is 13.7. The fourth-order valence-electron chi connectivity index (χ4n) is 2.51. The Morgan fingerprint density at radius 2 is 2.00 bits per heavy atom. The number of fused-ring (bicyclic) bond motifs is 1. The Kier molecular flexibility index (Phi) is 2.99. The largest absolute Gasteiger partial charge is 0.207 e. The fourth-order valence-corrected chi connectivity index (χ4v) is 2.87. The Labute approximate surface area is 100 Å². The number of halogens is 2. The fraction of sp³-hybridized carbons (Fsp3) is 0.538. The molecule has 1 aromatic rings. The number of benzene rings is 1. The molecule has 0 nitrogen and oxygen atoms in total. The van der Waals surface area contributed by atoms with Crippen LogP contribution in [-0.2, 0) is 11.2 Å². The third-order valence-corrected chi connectivity index (χ3v) is 4.55. The van der Waals surface area contributed by atoms with Gasteiger partial charge >= 0.3 is 0 Å². The Hall–Kier alpha value is -0.570. The molecule has 0 bridgehead atoms. The van der Waals surface area contributed by atoms with E-state index in [0.717, 1.165) is 24.5 Å². The van der Waals surface area contributed by atoms with E-state index < -0.39 is 16.4 Å². The van der Waals surface area contributed by atoms with Gasteiger partial charge in [-0.2, -0.15) is 12.6 Å². The summed E-state index contributed by atoms with van der Waals surface area (Å²) in [6.07, 6.45) is 2.48. The molecule has 3 heteroatoms. The Morgan fingerprint density at radius 3 is 2.62 bits per heavy atom. The normalized spacial score (nSPS) is 24.6. The van der Waals surface area contributed by atoms with E-state index in [4.69, 9.17) is 0 Å². The lowest BCUT2D eigenvalue weighted by Gasteiger charge is -2.38. The van der Waals surface area contributed by atoms with Crippen molar-refractivity contribution in [1.82, 2.24) is 0 Å². The van der Waals surface area contributed by atoms with Gasteiger partial charge in [-0.3, -0.25) is 0 Å². The van der Waals surface area contributed by atoms with Crippen molar-refractivity contribution in [2.75, 3.05) is 0 Å². The van der Waals surface area contributed by atoms with Crippen molar-refractivity contribution >= 4 is 12.6 Å². The number of hydrogen-bond donors (Lipinski definition) is 1. The molecule has 16 heavy (non-hydrogen) atoms. The molecule has 0 aliphatic heterocycles. The quantitative estimate of drug-likeness (QED) is 0.705. The number of rotatable bonds is 1. The van der Waals surface area contributed by atoms with Crippen LogP contribution in [0.5, 0.6) is 0 Å². The summed E-state index contributed by atoms with van der Waals surface area (Å²) in [6, 6.07) is 2.42. The van der Waals surface area contributed by atoms with E-state index in [1.54, 1.807) is 0 Å². The van der Waals surface area contributed by atoms with Gasteiger partial charge in [-0.05, 0) is 42.4 Å². The van der Waals surface area contributed by atoms with Crippen LogP contribution in [0.4, 0.5) is 8.78 Å². The molecule has 1 aliphatic rings. The standard InChI is InChI=1S/C13H16F2S/c1-8(2)13(16)5-3-4-10-11(13)6-9(14)7-12(10)15/h6-8,16H,3-5H2,1-2H3. The molecule has 0 fully saturated rings. The average Bonchev–Trinajstić information content (AvgIpc) is 2.19. The summed E-state index contributed by atoms with van der Waals surface area (Å²) in [5, 5.41) is 0. The molecular weight excluding hydrogens is 226 g/mol. The first-order valence-electron chi connectivity index (χ1n) is 5.66. The zero-order chi connectivity index (χ0) is 11.9. The maximum atomic E-state index is 13.7. The van der Waals surface area contributed by atoms with Gasteiger partial charge in [0, 0.05) is 10.8 Å². The molecule has 0 saturated carbocycles. The van der Waals surface area contributed by atoms with Crippen LogP contribution in [0.15, 0.2) is 12.1 Å². The van der Waals surface area contributed by atoms with Crippen LogP contribution >= 0.6 is 12.6 Å². The first kappa shape index (κ1) is 11.9. The van der Waals surface area contributed by atoms with Crippen molar-refractivity contribution in [3.8, 4) is 0 Å². The van der Waals surface area contributed by atoms with Gasteiger partial charge in [-0.1, -0.05) is 13.8 Å². The van der Waals surface area contributed by atoms with Gasteiger partial charge in [0.2, 0.25) is 0 Å². The lowest BCUT2D eigenvalue weighted by Crippen LogP contribution is -2.31. The summed E-state index contributed by atoms with van der Waals surface area (Å²) in [4.78, 5) is 0. The van der Waals surface area contributed by atoms with Crippen molar-refractivity contribution in [2.45, 2.75) is 37.9 Å². The Bertz CT molecular complexity index is 415. The zero-order valence-electron chi connectivity index (χ0n) is 9.56. The van der Waals surface area contributed by atoms with Crippen LogP contribution in [0.2, 0.25) is 0 Å². The van der Waals surface area contributed by atoms with E-state index in [1.165, 1.54) is 6.07 Å². The van der Waals surface area contributed by atoms with E-state index in [9.17, 15) is 8.78 Å². The van der Waals surface area contributed by atoms with Gasteiger partial charge in [-0.15, -0.1) is 0 Å². The third kappa shape index (κ3) is 1.75. The second-order valence-corrected chi connectivity index (χ2v) is 5.64.